The number of nitrogens with one attached hydrogen (secondary N) is 1. The van der Waals surface area contributed by atoms with Gasteiger partial charge in [-0.2, -0.15) is 0 Å². The van der Waals surface area contributed by atoms with E-state index < -0.39 is 11.9 Å². The van der Waals surface area contributed by atoms with Gasteiger partial charge in [-0.05, 0) is 44.2 Å². The summed E-state index contributed by atoms with van der Waals surface area (Å²) in [4.78, 5) is 21.9. The van der Waals surface area contributed by atoms with Crippen molar-refractivity contribution in [1.29, 1.82) is 0 Å². The molecule has 8 heteroatoms. The van der Waals surface area contributed by atoms with E-state index in [-0.39, 0.29) is 17.8 Å². The molecule has 0 atom stereocenters. The Kier molecular flexibility index (Phi) is 5.38. The molecule has 4 rings (SSSR count). The molecular weight excluding hydrogens is 363 g/mol. The lowest BCUT2D eigenvalue weighted by Gasteiger charge is -2.27. The number of anilines is 2. The summed E-state index contributed by atoms with van der Waals surface area (Å²) >= 11 is 0. The SMILES string of the molecule is O=C1OCCCN1c1cccc(-c2nc(N[C@H]3CC[C@H](O)CC3)ncc2F)c1. The summed E-state index contributed by atoms with van der Waals surface area (Å²) in [5.41, 5.74) is 1.40. The first-order valence-corrected chi connectivity index (χ1v) is 9.62. The van der Waals surface area contributed by atoms with E-state index in [1.807, 2.05) is 0 Å². The second-order valence-corrected chi connectivity index (χ2v) is 7.21. The van der Waals surface area contributed by atoms with Crippen LogP contribution in [0.2, 0.25) is 0 Å². The molecule has 0 radical (unpaired) electrons. The van der Waals surface area contributed by atoms with E-state index in [1.165, 1.54) is 0 Å². The predicted octanol–water partition coefficient (Wildman–Crippen LogP) is 3.34. The fourth-order valence-corrected chi connectivity index (χ4v) is 3.65. The maximum Gasteiger partial charge on any atom is 0.414 e. The zero-order chi connectivity index (χ0) is 19.5. The first-order chi connectivity index (χ1) is 13.6. The Bertz CT molecular complexity index is 855. The van der Waals surface area contributed by atoms with Gasteiger partial charge >= 0.3 is 6.09 Å². The van der Waals surface area contributed by atoms with Gasteiger partial charge in [0, 0.05) is 23.8 Å². The lowest BCUT2D eigenvalue weighted by atomic mass is 9.93. The van der Waals surface area contributed by atoms with Gasteiger partial charge in [0.25, 0.3) is 0 Å². The Morgan fingerprint density at radius 2 is 2.07 bits per heavy atom. The number of amides is 1. The Hall–Kier alpha value is -2.74. The molecule has 2 aliphatic rings. The average Bonchev–Trinajstić information content (AvgIpc) is 2.71. The number of aliphatic hydroxyl groups is 1. The number of hydrogen-bond donors (Lipinski definition) is 2. The smallest absolute Gasteiger partial charge is 0.414 e. The predicted molar refractivity (Wildman–Crippen MR) is 103 cm³/mol. The van der Waals surface area contributed by atoms with Crippen molar-refractivity contribution < 1.29 is 19.0 Å². The molecule has 0 bridgehead atoms. The van der Waals surface area contributed by atoms with Crippen LogP contribution >= 0.6 is 0 Å². The van der Waals surface area contributed by atoms with Crippen molar-refractivity contribution >= 4 is 17.7 Å². The number of aromatic nitrogens is 2. The highest BCUT2D eigenvalue weighted by molar-refractivity contribution is 5.89. The third kappa shape index (κ3) is 4.06. The largest absolute Gasteiger partial charge is 0.449 e. The van der Waals surface area contributed by atoms with Crippen molar-refractivity contribution in [2.45, 2.75) is 44.2 Å². The van der Waals surface area contributed by atoms with E-state index in [0.29, 0.717) is 30.4 Å². The van der Waals surface area contributed by atoms with Crippen LogP contribution < -0.4 is 10.2 Å². The number of carbonyl (C=O) groups is 1. The Labute approximate surface area is 162 Å². The molecule has 2 heterocycles. The summed E-state index contributed by atoms with van der Waals surface area (Å²) in [5.74, 6) is -0.163. The van der Waals surface area contributed by atoms with E-state index in [4.69, 9.17) is 4.74 Å². The summed E-state index contributed by atoms with van der Waals surface area (Å²) in [6.07, 6.45) is 4.39. The molecule has 148 valence electrons. The Morgan fingerprint density at radius 1 is 1.25 bits per heavy atom. The van der Waals surface area contributed by atoms with Gasteiger partial charge in [-0.25, -0.2) is 19.2 Å². The van der Waals surface area contributed by atoms with Gasteiger partial charge in [0.1, 0.15) is 5.69 Å². The van der Waals surface area contributed by atoms with Crippen molar-refractivity contribution in [3.8, 4) is 11.3 Å². The second-order valence-electron chi connectivity index (χ2n) is 7.21. The molecule has 2 fully saturated rings. The molecule has 0 spiro atoms. The van der Waals surface area contributed by atoms with Crippen molar-refractivity contribution in [3.63, 3.8) is 0 Å². The summed E-state index contributed by atoms with van der Waals surface area (Å²) in [6.45, 7) is 0.984. The third-order valence-corrected chi connectivity index (χ3v) is 5.18. The van der Waals surface area contributed by atoms with Gasteiger partial charge < -0.3 is 15.2 Å². The molecule has 1 saturated heterocycles. The van der Waals surface area contributed by atoms with Crippen LogP contribution in [0.5, 0.6) is 0 Å². The number of ether oxygens (including phenoxy) is 1. The van der Waals surface area contributed by atoms with E-state index in [9.17, 15) is 14.3 Å². The molecule has 7 nitrogen and oxygen atoms in total. The van der Waals surface area contributed by atoms with Crippen molar-refractivity contribution in [2.75, 3.05) is 23.4 Å². The highest BCUT2D eigenvalue weighted by atomic mass is 19.1. The van der Waals surface area contributed by atoms with Crippen molar-refractivity contribution in [1.82, 2.24) is 9.97 Å². The molecule has 2 aromatic rings. The minimum absolute atomic E-state index is 0.163. The molecule has 1 amide bonds. The lowest BCUT2D eigenvalue weighted by Crippen LogP contribution is -2.37. The standard InChI is InChI=1S/C20H23FN4O3/c21-17-12-22-19(23-14-5-7-16(26)8-6-14)24-18(17)13-3-1-4-15(11-13)25-9-2-10-28-20(25)27/h1,3-4,11-12,14,16,26H,2,5-10H2,(H,22,23,24)/t14-,16-. The van der Waals surface area contributed by atoms with E-state index in [0.717, 1.165) is 38.3 Å². The number of rotatable bonds is 4. The number of cyclic esters (lactones) is 1. The summed E-state index contributed by atoms with van der Waals surface area (Å²) in [6, 6.07) is 7.21. The van der Waals surface area contributed by atoms with Crippen LogP contribution in [0, 0.1) is 5.82 Å². The number of hydrogen-bond acceptors (Lipinski definition) is 6. The fraction of sp³-hybridized carbons (Fsp3) is 0.450. The van der Waals surface area contributed by atoms with E-state index >= 15 is 0 Å². The zero-order valence-electron chi connectivity index (χ0n) is 15.5. The van der Waals surface area contributed by atoms with E-state index in [1.54, 1.807) is 29.2 Å². The molecule has 2 N–H and O–H groups in total. The molecular formula is C20H23FN4O3. The van der Waals surface area contributed by atoms with Gasteiger partial charge in [0.15, 0.2) is 5.82 Å². The average molecular weight is 386 g/mol. The minimum atomic E-state index is -0.525. The van der Waals surface area contributed by atoms with Gasteiger partial charge in [-0.1, -0.05) is 12.1 Å². The molecule has 1 aromatic heterocycles. The van der Waals surface area contributed by atoms with Crippen LogP contribution in [-0.4, -0.2) is 46.5 Å². The maximum absolute atomic E-state index is 14.4. The fourth-order valence-electron chi connectivity index (χ4n) is 3.65. The first-order valence-electron chi connectivity index (χ1n) is 9.62. The van der Waals surface area contributed by atoms with Crippen LogP contribution in [0.4, 0.5) is 20.8 Å². The Morgan fingerprint density at radius 3 is 2.86 bits per heavy atom. The highest BCUT2D eigenvalue weighted by Gasteiger charge is 2.23. The van der Waals surface area contributed by atoms with E-state index in [2.05, 4.69) is 15.3 Å². The molecule has 1 aliphatic carbocycles. The van der Waals surface area contributed by atoms with Gasteiger partial charge in [0.2, 0.25) is 5.95 Å². The number of aliphatic hydroxyl groups excluding tert-OH is 1. The zero-order valence-corrected chi connectivity index (χ0v) is 15.5. The Balaban J connectivity index is 1.56. The summed E-state index contributed by atoms with van der Waals surface area (Å²) in [7, 11) is 0. The van der Waals surface area contributed by atoms with Crippen LogP contribution in [0.15, 0.2) is 30.5 Å². The van der Waals surface area contributed by atoms with Gasteiger partial charge in [-0.15, -0.1) is 0 Å². The summed E-state index contributed by atoms with van der Waals surface area (Å²) < 4.78 is 19.5. The molecule has 1 aromatic carbocycles. The van der Waals surface area contributed by atoms with Crippen molar-refractivity contribution in [3.05, 3.63) is 36.3 Å². The molecule has 1 saturated carbocycles. The molecule has 0 unspecified atom stereocenters. The summed E-state index contributed by atoms with van der Waals surface area (Å²) in [5, 5.41) is 12.9. The lowest BCUT2D eigenvalue weighted by molar-refractivity contribution is 0.126. The quantitative estimate of drug-likeness (QED) is 0.838. The monoisotopic (exact) mass is 386 g/mol. The van der Waals surface area contributed by atoms with Crippen LogP contribution in [0.25, 0.3) is 11.3 Å². The minimum Gasteiger partial charge on any atom is -0.449 e. The normalized spacial score (nSPS) is 22.6. The maximum atomic E-state index is 14.4. The number of nitrogens with zero attached hydrogens (tertiary/aromatic N) is 3. The topological polar surface area (TPSA) is 87.6 Å². The van der Waals surface area contributed by atoms with Crippen LogP contribution in [0.3, 0.4) is 0 Å². The van der Waals surface area contributed by atoms with Crippen LogP contribution in [0.1, 0.15) is 32.1 Å². The first kappa shape index (κ1) is 18.6. The number of benzene rings is 1. The van der Waals surface area contributed by atoms with Gasteiger partial charge in [0.05, 0.1) is 18.9 Å². The third-order valence-electron chi connectivity index (χ3n) is 5.18. The highest BCUT2D eigenvalue weighted by Crippen LogP contribution is 2.28. The molecule has 28 heavy (non-hydrogen) atoms. The van der Waals surface area contributed by atoms with Gasteiger partial charge in [-0.3, -0.25) is 4.90 Å². The number of carbonyl (C=O) groups excluding carboxylic acids is 1. The molecule has 1 aliphatic heterocycles. The van der Waals surface area contributed by atoms with Crippen molar-refractivity contribution in [2.24, 2.45) is 0 Å². The van der Waals surface area contributed by atoms with Crippen LogP contribution in [-0.2, 0) is 4.74 Å². The second kappa shape index (κ2) is 8.10. The number of halogens is 1.